The van der Waals surface area contributed by atoms with Gasteiger partial charge < -0.3 is 4.74 Å². The fraction of sp³-hybridized carbons (Fsp3) is 0.429. The zero-order chi connectivity index (χ0) is 13.5. The SMILES string of the molecule is CCCCc1ccc(C(=O)C(=O)OCC)cc1Cl. The molecule has 0 heterocycles. The number of benzene rings is 1. The van der Waals surface area contributed by atoms with Crippen molar-refractivity contribution in [3.05, 3.63) is 34.3 Å². The Hall–Kier alpha value is -1.35. The summed E-state index contributed by atoms with van der Waals surface area (Å²) in [4.78, 5) is 23.0. The Labute approximate surface area is 112 Å². The Morgan fingerprint density at radius 1 is 1.28 bits per heavy atom. The average molecular weight is 269 g/mol. The number of carbonyl (C=O) groups is 2. The molecule has 0 bridgehead atoms. The third-order valence-electron chi connectivity index (χ3n) is 2.58. The predicted octanol–water partition coefficient (Wildman–Crippen LogP) is 3.43. The molecule has 0 fully saturated rings. The molecule has 1 aromatic rings. The summed E-state index contributed by atoms with van der Waals surface area (Å²) < 4.78 is 4.66. The highest BCUT2D eigenvalue weighted by atomic mass is 35.5. The van der Waals surface area contributed by atoms with Crippen molar-refractivity contribution in [2.75, 3.05) is 6.61 Å². The van der Waals surface area contributed by atoms with Crippen LogP contribution in [0.25, 0.3) is 0 Å². The first-order valence-corrected chi connectivity index (χ1v) is 6.47. The first kappa shape index (κ1) is 14.7. The fourth-order valence-electron chi connectivity index (χ4n) is 1.57. The van der Waals surface area contributed by atoms with Crippen LogP contribution < -0.4 is 0 Å². The maximum absolute atomic E-state index is 11.7. The van der Waals surface area contributed by atoms with Gasteiger partial charge in [0.25, 0.3) is 5.78 Å². The van der Waals surface area contributed by atoms with Crippen LogP contribution >= 0.6 is 11.6 Å². The van der Waals surface area contributed by atoms with E-state index < -0.39 is 11.8 Å². The Balaban J connectivity index is 2.83. The number of hydrogen-bond donors (Lipinski definition) is 0. The second-order valence-electron chi connectivity index (χ2n) is 3.96. The first-order valence-electron chi connectivity index (χ1n) is 6.10. The van der Waals surface area contributed by atoms with Gasteiger partial charge in [-0.25, -0.2) is 4.79 Å². The van der Waals surface area contributed by atoms with E-state index in [2.05, 4.69) is 11.7 Å². The Bertz CT molecular complexity index is 441. The first-order chi connectivity index (χ1) is 8.60. The molecule has 0 saturated heterocycles. The zero-order valence-electron chi connectivity index (χ0n) is 10.7. The molecule has 1 rings (SSSR count). The molecule has 98 valence electrons. The summed E-state index contributed by atoms with van der Waals surface area (Å²) in [6.45, 7) is 3.95. The molecule has 0 spiro atoms. The number of ether oxygens (including phenoxy) is 1. The molecule has 0 aliphatic carbocycles. The molecular formula is C14H17ClO3. The number of unbranched alkanes of at least 4 members (excludes halogenated alkanes) is 1. The molecule has 0 aromatic heterocycles. The van der Waals surface area contributed by atoms with Crippen molar-refractivity contribution < 1.29 is 14.3 Å². The molecule has 0 atom stereocenters. The summed E-state index contributed by atoms with van der Waals surface area (Å²) >= 11 is 6.09. The van der Waals surface area contributed by atoms with Crippen LogP contribution in [0.15, 0.2) is 18.2 Å². The molecule has 1 aromatic carbocycles. The lowest BCUT2D eigenvalue weighted by Crippen LogP contribution is -2.17. The summed E-state index contributed by atoms with van der Waals surface area (Å²) in [7, 11) is 0. The number of Topliss-reactive ketones (excluding diaryl/α,β-unsaturated/α-hetero) is 1. The van der Waals surface area contributed by atoms with Gasteiger partial charge in [0.2, 0.25) is 0 Å². The lowest BCUT2D eigenvalue weighted by atomic mass is 10.0. The zero-order valence-corrected chi connectivity index (χ0v) is 11.4. The van der Waals surface area contributed by atoms with Crippen molar-refractivity contribution in [2.45, 2.75) is 33.1 Å². The number of ketones is 1. The number of esters is 1. The van der Waals surface area contributed by atoms with E-state index in [1.165, 1.54) is 6.07 Å². The third-order valence-corrected chi connectivity index (χ3v) is 2.93. The largest absolute Gasteiger partial charge is 0.460 e. The molecule has 0 amide bonds. The summed E-state index contributed by atoms with van der Waals surface area (Å²) in [5.74, 6) is -1.49. The Morgan fingerprint density at radius 3 is 2.56 bits per heavy atom. The van der Waals surface area contributed by atoms with E-state index in [0.29, 0.717) is 5.02 Å². The maximum atomic E-state index is 11.7. The van der Waals surface area contributed by atoms with E-state index in [9.17, 15) is 9.59 Å². The molecule has 0 aliphatic rings. The summed E-state index contributed by atoms with van der Waals surface area (Å²) in [5.41, 5.74) is 1.28. The van der Waals surface area contributed by atoms with E-state index in [1.807, 2.05) is 0 Å². The van der Waals surface area contributed by atoms with Crippen LogP contribution in [0.1, 0.15) is 42.6 Å². The van der Waals surface area contributed by atoms with Crippen molar-refractivity contribution in [2.24, 2.45) is 0 Å². The van der Waals surface area contributed by atoms with Gasteiger partial charge in [-0.05, 0) is 31.4 Å². The molecule has 0 radical (unpaired) electrons. The van der Waals surface area contributed by atoms with E-state index in [-0.39, 0.29) is 12.2 Å². The van der Waals surface area contributed by atoms with Gasteiger partial charge in [0, 0.05) is 10.6 Å². The highest BCUT2D eigenvalue weighted by Crippen LogP contribution is 2.20. The normalized spacial score (nSPS) is 10.2. The fourth-order valence-corrected chi connectivity index (χ4v) is 1.85. The van der Waals surface area contributed by atoms with Gasteiger partial charge in [-0.1, -0.05) is 37.1 Å². The van der Waals surface area contributed by atoms with Gasteiger partial charge in [-0.15, -0.1) is 0 Å². The second kappa shape index (κ2) is 7.17. The molecule has 0 saturated carbocycles. The lowest BCUT2D eigenvalue weighted by Gasteiger charge is -2.06. The van der Waals surface area contributed by atoms with Crippen molar-refractivity contribution >= 4 is 23.4 Å². The smallest absolute Gasteiger partial charge is 0.379 e. The highest BCUT2D eigenvalue weighted by molar-refractivity contribution is 6.41. The average Bonchev–Trinajstić information content (AvgIpc) is 2.36. The molecule has 0 unspecified atom stereocenters. The van der Waals surface area contributed by atoms with E-state index in [0.717, 1.165) is 24.8 Å². The highest BCUT2D eigenvalue weighted by Gasteiger charge is 2.18. The number of hydrogen-bond acceptors (Lipinski definition) is 3. The minimum Gasteiger partial charge on any atom is -0.460 e. The van der Waals surface area contributed by atoms with Crippen LogP contribution in [0.5, 0.6) is 0 Å². The Morgan fingerprint density at radius 2 is 2.00 bits per heavy atom. The van der Waals surface area contributed by atoms with Crippen molar-refractivity contribution in [3.63, 3.8) is 0 Å². The second-order valence-corrected chi connectivity index (χ2v) is 4.37. The van der Waals surface area contributed by atoms with Crippen molar-refractivity contribution in [1.29, 1.82) is 0 Å². The van der Waals surface area contributed by atoms with Gasteiger partial charge in [-0.2, -0.15) is 0 Å². The van der Waals surface area contributed by atoms with Gasteiger partial charge in [-0.3, -0.25) is 4.79 Å². The van der Waals surface area contributed by atoms with E-state index in [4.69, 9.17) is 11.6 Å². The van der Waals surface area contributed by atoms with Gasteiger partial charge in [0.05, 0.1) is 6.61 Å². The molecule has 3 nitrogen and oxygen atoms in total. The monoisotopic (exact) mass is 268 g/mol. The van der Waals surface area contributed by atoms with Crippen LogP contribution in [0.3, 0.4) is 0 Å². The van der Waals surface area contributed by atoms with Gasteiger partial charge in [0.1, 0.15) is 0 Å². The molecule has 0 N–H and O–H groups in total. The maximum Gasteiger partial charge on any atom is 0.379 e. The van der Waals surface area contributed by atoms with Crippen LogP contribution in [-0.4, -0.2) is 18.4 Å². The number of halogens is 1. The number of rotatable bonds is 6. The summed E-state index contributed by atoms with van der Waals surface area (Å²) in [5, 5.41) is 0.526. The van der Waals surface area contributed by atoms with Crippen LogP contribution in [0, 0.1) is 0 Å². The third kappa shape index (κ3) is 3.84. The summed E-state index contributed by atoms with van der Waals surface area (Å²) in [6, 6.07) is 4.95. The van der Waals surface area contributed by atoms with Crippen molar-refractivity contribution in [3.8, 4) is 0 Å². The summed E-state index contributed by atoms with van der Waals surface area (Å²) in [6.07, 6.45) is 3.01. The predicted molar refractivity (Wildman–Crippen MR) is 71.0 cm³/mol. The van der Waals surface area contributed by atoms with Crippen LogP contribution in [0.2, 0.25) is 5.02 Å². The van der Waals surface area contributed by atoms with Gasteiger partial charge in [0.15, 0.2) is 0 Å². The molecule has 4 heteroatoms. The quantitative estimate of drug-likeness (QED) is 0.451. The lowest BCUT2D eigenvalue weighted by molar-refractivity contribution is -0.137. The topological polar surface area (TPSA) is 43.4 Å². The van der Waals surface area contributed by atoms with Crippen LogP contribution in [-0.2, 0) is 16.0 Å². The van der Waals surface area contributed by atoms with Crippen LogP contribution in [0.4, 0.5) is 0 Å². The molecule has 0 aliphatic heterocycles. The minimum atomic E-state index is -0.838. The van der Waals surface area contributed by atoms with E-state index >= 15 is 0 Å². The Kier molecular flexibility index (Phi) is 5.86. The standard InChI is InChI=1S/C14H17ClO3/c1-3-5-6-10-7-8-11(9-12(10)15)13(16)14(17)18-4-2/h7-9H,3-6H2,1-2H3. The van der Waals surface area contributed by atoms with Crippen molar-refractivity contribution in [1.82, 2.24) is 0 Å². The number of carbonyl (C=O) groups excluding carboxylic acids is 2. The molecular weight excluding hydrogens is 252 g/mol. The number of aryl methyl sites for hydroxylation is 1. The molecule has 18 heavy (non-hydrogen) atoms. The minimum absolute atomic E-state index is 0.187. The van der Waals surface area contributed by atoms with E-state index in [1.54, 1.807) is 19.1 Å². The van der Waals surface area contributed by atoms with Gasteiger partial charge >= 0.3 is 5.97 Å².